The van der Waals surface area contributed by atoms with Gasteiger partial charge in [-0.15, -0.1) is 0 Å². The third kappa shape index (κ3) is 4.20. The van der Waals surface area contributed by atoms with Crippen molar-refractivity contribution in [1.82, 2.24) is 5.32 Å². The molecule has 1 aromatic carbocycles. The van der Waals surface area contributed by atoms with Crippen molar-refractivity contribution in [2.75, 3.05) is 7.05 Å². The van der Waals surface area contributed by atoms with E-state index in [1.54, 1.807) is 6.07 Å². The van der Waals surface area contributed by atoms with E-state index >= 15 is 0 Å². The monoisotopic (exact) mass is 265 g/mol. The summed E-state index contributed by atoms with van der Waals surface area (Å²) in [7, 11) is 1.86. The third-order valence-corrected chi connectivity index (χ3v) is 3.75. The number of benzene rings is 1. The fraction of sp³-hybridized carbons (Fsp3) is 0.625. The second-order valence-corrected chi connectivity index (χ2v) is 5.98. The van der Waals surface area contributed by atoms with Crippen LogP contribution in [0.5, 0.6) is 5.75 Å². The third-order valence-electron chi connectivity index (χ3n) is 3.75. The van der Waals surface area contributed by atoms with Gasteiger partial charge in [-0.1, -0.05) is 13.8 Å². The molecule has 1 saturated carbocycles. The zero-order valence-electron chi connectivity index (χ0n) is 12.1. The Morgan fingerprint density at radius 3 is 2.47 bits per heavy atom. The van der Waals surface area contributed by atoms with E-state index < -0.39 is 0 Å². The van der Waals surface area contributed by atoms with Crippen LogP contribution in [0.2, 0.25) is 0 Å². The molecule has 0 heterocycles. The SMILES string of the molecule is CNCc1cc(F)cc(OC2CC(C)CC(C)C2)c1. The minimum Gasteiger partial charge on any atom is -0.490 e. The summed E-state index contributed by atoms with van der Waals surface area (Å²) in [5.41, 5.74) is 0.925. The molecule has 1 N–H and O–H groups in total. The van der Waals surface area contributed by atoms with Gasteiger partial charge >= 0.3 is 0 Å². The number of halogens is 1. The van der Waals surface area contributed by atoms with Crippen LogP contribution in [0.4, 0.5) is 4.39 Å². The molecule has 2 rings (SSSR count). The lowest BCUT2D eigenvalue weighted by molar-refractivity contribution is 0.101. The molecule has 1 fully saturated rings. The minimum absolute atomic E-state index is 0.223. The maximum Gasteiger partial charge on any atom is 0.127 e. The minimum atomic E-state index is -0.223. The van der Waals surface area contributed by atoms with Crippen LogP contribution < -0.4 is 10.1 Å². The Balaban J connectivity index is 2.05. The molecule has 2 atom stereocenters. The lowest BCUT2D eigenvalue weighted by Crippen LogP contribution is -2.28. The molecule has 0 saturated heterocycles. The predicted molar refractivity (Wildman–Crippen MR) is 75.8 cm³/mol. The van der Waals surface area contributed by atoms with Crippen LogP contribution in [0.25, 0.3) is 0 Å². The second-order valence-electron chi connectivity index (χ2n) is 5.98. The van der Waals surface area contributed by atoms with Crippen LogP contribution >= 0.6 is 0 Å². The first-order valence-corrected chi connectivity index (χ1v) is 7.17. The summed E-state index contributed by atoms with van der Waals surface area (Å²) in [5.74, 6) is 1.83. The highest BCUT2D eigenvalue weighted by atomic mass is 19.1. The summed E-state index contributed by atoms with van der Waals surface area (Å²) in [4.78, 5) is 0. The fourth-order valence-corrected chi connectivity index (χ4v) is 3.16. The van der Waals surface area contributed by atoms with Gasteiger partial charge in [-0.05, 0) is 55.8 Å². The number of ether oxygens (including phenoxy) is 1. The fourth-order valence-electron chi connectivity index (χ4n) is 3.16. The van der Waals surface area contributed by atoms with E-state index in [1.165, 1.54) is 12.5 Å². The van der Waals surface area contributed by atoms with Crippen molar-refractivity contribution in [3.05, 3.63) is 29.6 Å². The molecule has 2 nitrogen and oxygen atoms in total. The van der Waals surface area contributed by atoms with Gasteiger partial charge in [0.25, 0.3) is 0 Å². The second kappa shape index (κ2) is 6.38. The molecule has 3 heteroatoms. The largest absolute Gasteiger partial charge is 0.490 e. The van der Waals surface area contributed by atoms with E-state index in [0.29, 0.717) is 24.1 Å². The Bertz CT molecular complexity index is 411. The van der Waals surface area contributed by atoms with E-state index in [-0.39, 0.29) is 11.9 Å². The maximum absolute atomic E-state index is 13.6. The highest BCUT2D eigenvalue weighted by molar-refractivity contribution is 5.29. The summed E-state index contributed by atoms with van der Waals surface area (Å²) in [6, 6.07) is 4.97. The molecule has 0 bridgehead atoms. The first-order chi connectivity index (χ1) is 9.06. The van der Waals surface area contributed by atoms with Crippen LogP contribution in [0.1, 0.15) is 38.7 Å². The number of hydrogen-bond donors (Lipinski definition) is 1. The molecule has 1 aliphatic carbocycles. The van der Waals surface area contributed by atoms with Crippen molar-refractivity contribution >= 4 is 0 Å². The van der Waals surface area contributed by atoms with Crippen molar-refractivity contribution in [1.29, 1.82) is 0 Å². The van der Waals surface area contributed by atoms with E-state index in [2.05, 4.69) is 19.2 Å². The maximum atomic E-state index is 13.6. The Morgan fingerprint density at radius 1 is 1.16 bits per heavy atom. The molecule has 2 unspecified atom stereocenters. The van der Waals surface area contributed by atoms with E-state index in [4.69, 9.17) is 4.74 Å². The molecule has 1 aromatic rings. The van der Waals surface area contributed by atoms with Crippen molar-refractivity contribution in [2.45, 2.75) is 45.8 Å². The normalized spacial score (nSPS) is 27.3. The Hall–Kier alpha value is -1.09. The number of rotatable bonds is 4. The van der Waals surface area contributed by atoms with Crippen LogP contribution in [0, 0.1) is 17.7 Å². The van der Waals surface area contributed by atoms with Crippen molar-refractivity contribution in [3.63, 3.8) is 0 Å². The van der Waals surface area contributed by atoms with Gasteiger partial charge in [0.2, 0.25) is 0 Å². The molecule has 0 amide bonds. The van der Waals surface area contributed by atoms with Crippen LogP contribution in [0.3, 0.4) is 0 Å². The summed E-state index contributed by atoms with van der Waals surface area (Å²) in [6.07, 6.45) is 3.64. The van der Waals surface area contributed by atoms with Crippen molar-refractivity contribution in [3.8, 4) is 5.75 Å². The van der Waals surface area contributed by atoms with Gasteiger partial charge in [0, 0.05) is 12.6 Å². The molecule has 1 aliphatic rings. The van der Waals surface area contributed by atoms with E-state index in [1.807, 2.05) is 13.1 Å². The average Bonchev–Trinajstić information content (AvgIpc) is 2.26. The summed E-state index contributed by atoms with van der Waals surface area (Å²) < 4.78 is 19.5. The Labute approximate surface area is 115 Å². The Kier molecular flexibility index (Phi) is 4.81. The molecule has 0 spiro atoms. The molecule has 19 heavy (non-hydrogen) atoms. The zero-order chi connectivity index (χ0) is 13.8. The molecule has 106 valence electrons. The molecule has 0 radical (unpaired) electrons. The van der Waals surface area contributed by atoms with Gasteiger partial charge in [0.1, 0.15) is 11.6 Å². The van der Waals surface area contributed by atoms with E-state index in [9.17, 15) is 4.39 Å². The first-order valence-electron chi connectivity index (χ1n) is 7.17. The lowest BCUT2D eigenvalue weighted by Gasteiger charge is -2.31. The van der Waals surface area contributed by atoms with Gasteiger partial charge in [-0.25, -0.2) is 4.39 Å². The van der Waals surface area contributed by atoms with E-state index in [0.717, 1.165) is 18.4 Å². The standard InChI is InChI=1S/C16H24FNO/c1-11-4-12(2)6-15(5-11)19-16-8-13(10-18-3)7-14(17)9-16/h7-9,11-12,15,18H,4-6,10H2,1-3H3. The van der Waals surface area contributed by atoms with Crippen LogP contribution in [0.15, 0.2) is 18.2 Å². The number of nitrogens with one attached hydrogen (secondary N) is 1. The molecule has 0 aromatic heterocycles. The topological polar surface area (TPSA) is 21.3 Å². The highest BCUT2D eigenvalue weighted by Crippen LogP contribution is 2.31. The Morgan fingerprint density at radius 2 is 1.84 bits per heavy atom. The van der Waals surface area contributed by atoms with Gasteiger partial charge in [-0.2, -0.15) is 0 Å². The zero-order valence-corrected chi connectivity index (χ0v) is 12.1. The predicted octanol–water partition coefficient (Wildman–Crippen LogP) is 3.75. The summed E-state index contributed by atoms with van der Waals surface area (Å²) in [6.45, 7) is 5.19. The molecular weight excluding hydrogens is 241 g/mol. The van der Waals surface area contributed by atoms with Gasteiger partial charge in [-0.3, -0.25) is 0 Å². The van der Waals surface area contributed by atoms with Crippen molar-refractivity contribution in [2.24, 2.45) is 11.8 Å². The van der Waals surface area contributed by atoms with Gasteiger partial charge in [0.05, 0.1) is 6.10 Å². The van der Waals surface area contributed by atoms with Gasteiger partial charge in [0.15, 0.2) is 0 Å². The summed E-state index contributed by atoms with van der Waals surface area (Å²) in [5, 5.41) is 3.03. The van der Waals surface area contributed by atoms with Crippen LogP contribution in [-0.4, -0.2) is 13.2 Å². The van der Waals surface area contributed by atoms with Crippen molar-refractivity contribution < 1.29 is 9.13 Å². The quantitative estimate of drug-likeness (QED) is 0.895. The first kappa shape index (κ1) is 14.3. The summed E-state index contributed by atoms with van der Waals surface area (Å²) >= 11 is 0. The molecule has 0 aliphatic heterocycles. The average molecular weight is 265 g/mol. The van der Waals surface area contributed by atoms with Crippen LogP contribution in [-0.2, 0) is 6.54 Å². The number of hydrogen-bond acceptors (Lipinski definition) is 2. The smallest absolute Gasteiger partial charge is 0.127 e. The highest BCUT2D eigenvalue weighted by Gasteiger charge is 2.25. The molecular formula is C16H24FNO. The van der Waals surface area contributed by atoms with Gasteiger partial charge < -0.3 is 10.1 Å². The lowest BCUT2D eigenvalue weighted by atomic mass is 9.82.